The number of fused-ring (bicyclic) bond motifs is 1. The lowest BCUT2D eigenvalue weighted by atomic mass is 9.96. The van der Waals surface area contributed by atoms with Crippen molar-refractivity contribution >= 4 is 28.7 Å². The molecule has 0 aliphatic rings. The van der Waals surface area contributed by atoms with E-state index in [1.54, 1.807) is 12.4 Å². The molecule has 0 atom stereocenters. The van der Waals surface area contributed by atoms with E-state index in [1.807, 2.05) is 65.0 Å². The summed E-state index contributed by atoms with van der Waals surface area (Å²) in [5.41, 5.74) is 3.20. The van der Waals surface area contributed by atoms with Crippen LogP contribution in [0.15, 0.2) is 42.7 Å². The van der Waals surface area contributed by atoms with Crippen molar-refractivity contribution in [2.75, 3.05) is 11.9 Å². The van der Waals surface area contributed by atoms with Crippen molar-refractivity contribution in [1.29, 1.82) is 0 Å². The Morgan fingerprint density at radius 1 is 1.03 bits per heavy atom. The van der Waals surface area contributed by atoms with E-state index < -0.39 is 11.7 Å². The van der Waals surface area contributed by atoms with Crippen molar-refractivity contribution in [3.05, 3.63) is 54.0 Å². The van der Waals surface area contributed by atoms with Crippen LogP contribution < -0.4 is 16.0 Å². The maximum Gasteiger partial charge on any atom is 0.407 e. The van der Waals surface area contributed by atoms with Crippen LogP contribution >= 0.6 is 0 Å². The van der Waals surface area contributed by atoms with Crippen molar-refractivity contribution < 1.29 is 14.3 Å². The largest absolute Gasteiger partial charge is 0.444 e. The van der Waals surface area contributed by atoms with E-state index >= 15 is 0 Å². The summed E-state index contributed by atoms with van der Waals surface area (Å²) < 4.78 is 5.34. The lowest BCUT2D eigenvalue weighted by Crippen LogP contribution is -2.32. The Balaban J connectivity index is 2.00. The third-order valence-corrected chi connectivity index (χ3v) is 4.60. The van der Waals surface area contributed by atoms with Crippen LogP contribution in [0, 0.1) is 6.92 Å². The number of benzene rings is 1. The van der Waals surface area contributed by atoms with Crippen molar-refractivity contribution in [3.63, 3.8) is 0 Å². The zero-order valence-corrected chi connectivity index (χ0v) is 19.1. The number of alkyl carbamates (subject to hydrolysis) is 1. The number of urea groups is 1. The number of aryl methyl sites for hydroxylation is 1. The summed E-state index contributed by atoms with van der Waals surface area (Å²) >= 11 is 0. The molecule has 0 saturated carbocycles. The van der Waals surface area contributed by atoms with E-state index in [0.29, 0.717) is 12.4 Å². The number of nitrogens with zero attached hydrogens (tertiary/aromatic N) is 2. The second kappa shape index (κ2) is 9.64. The molecule has 2 heterocycles. The van der Waals surface area contributed by atoms with Gasteiger partial charge in [-0.2, -0.15) is 0 Å². The SMILES string of the molecule is CCNC(=O)Nc1cc2c(-c3ccnc(C)c3)ccc(CNC(=O)OC(C)(C)C)c2cn1. The van der Waals surface area contributed by atoms with E-state index in [9.17, 15) is 9.59 Å². The van der Waals surface area contributed by atoms with Crippen LogP contribution in [0.1, 0.15) is 39.0 Å². The summed E-state index contributed by atoms with van der Waals surface area (Å²) in [6, 6.07) is 9.43. The van der Waals surface area contributed by atoms with Crippen LogP contribution in [0.4, 0.5) is 15.4 Å². The molecule has 0 aliphatic carbocycles. The number of aromatic nitrogens is 2. The van der Waals surface area contributed by atoms with Gasteiger partial charge in [0.05, 0.1) is 0 Å². The van der Waals surface area contributed by atoms with Gasteiger partial charge in [0.25, 0.3) is 0 Å². The van der Waals surface area contributed by atoms with E-state index in [2.05, 4.69) is 25.9 Å². The first-order chi connectivity index (χ1) is 15.2. The molecule has 2 aromatic heterocycles. The molecule has 3 amide bonds. The second-order valence-corrected chi connectivity index (χ2v) is 8.41. The highest BCUT2D eigenvalue weighted by Crippen LogP contribution is 2.32. The molecule has 0 bridgehead atoms. The Morgan fingerprint density at radius 3 is 2.50 bits per heavy atom. The van der Waals surface area contributed by atoms with Gasteiger partial charge in [-0.15, -0.1) is 0 Å². The van der Waals surface area contributed by atoms with Gasteiger partial charge < -0.3 is 15.4 Å². The van der Waals surface area contributed by atoms with Crippen LogP contribution in [-0.2, 0) is 11.3 Å². The number of hydrogen-bond acceptors (Lipinski definition) is 5. The zero-order chi connectivity index (χ0) is 23.3. The molecule has 0 saturated heterocycles. The molecule has 8 nitrogen and oxygen atoms in total. The molecular formula is C24H29N5O3. The second-order valence-electron chi connectivity index (χ2n) is 8.41. The van der Waals surface area contributed by atoms with Crippen LogP contribution in [0.5, 0.6) is 0 Å². The number of anilines is 1. The molecule has 32 heavy (non-hydrogen) atoms. The molecule has 0 unspecified atom stereocenters. The van der Waals surface area contributed by atoms with Gasteiger partial charge >= 0.3 is 12.1 Å². The van der Waals surface area contributed by atoms with Gasteiger partial charge in [0.2, 0.25) is 0 Å². The summed E-state index contributed by atoms with van der Waals surface area (Å²) in [7, 11) is 0. The molecule has 3 N–H and O–H groups in total. The normalized spacial score (nSPS) is 11.2. The minimum Gasteiger partial charge on any atom is -0.444 e. The van der Waals surface area contributed by atoms with Crippen molar-refractivity contribution in [1.82, 2.24) is 20.6 Å². The Bertz CT molecular complexity index is 1140. The fourth-order valence-corrected chi connectivity index (χ4v) is 3.29. The highest BCUT2D eigenvalue weighted by atomic mass is 16.6. The monoisotopic (exact) mass is 435 g/mol. The molecule has 168 valence electrons. The summed E-state index contributed by atoms with van der Waals surface area (Å²) in [6.07, 6.45) is 2.99. The number of hydrogen-bond donors (Lipinski definition) is 3. The van der Waals surface area contributed by atoms with Crippen molar-refractivity contribution in [2.24, 2.45) is 0 Å². The Labute approximate surface area is 187 Å². The van der Waals surface area contributed by atoms with E-state index in [4.69, 9.17) is 4.74 Å². The van der Waals surface area contributed by atoms with Crippen LogP contribution in [-0.4, -0.2) is 34.2 Å². The predicted octanol–water partition coefficient (Wildman–Crippen LogP) is 4.77. The summed E-state index contributed by atoms with van der Waals surface area (Å²) in [6.45, 7) is 10.0. The first-order valence-electron chi connectivity index (χ1n) is 10.5. The van der Waals surface area contributed by atoms with Gasteiger partial charge in [0, 0.05) is 36.6 Å². The fraction of sp³-hybridized carbons (Fsp3) is 0.333. The smallest absolute Gasteiger partial charge is 0.407 e. The van der Waals surface area contributed by atoms with Gasteiger partial charge in [-0.3, -0.25) is 10.3 Å². The van der Waals surface area contributed by atoms with Gasteiger partial charge in [-0.1, -0.05) is 12.1 Å². The summed E-state index contributed by atoms with van der Waals surface area (Å²) in [4.78, 5) is 32.8. The number of carbonyl (C=O) groups excluding carboxylic acids is 2. The first kappa shape index (κ1) is 23.0. The molecule has 3 rings (SSSR count). The molecule has 0 spiro atoms. The molecule has 0 fully saturated rings. The minimum atomic E-state index is -0.573. The molecule has 8 heteroatoms. The Hall–Kier alpha value is -3.68. The summed E-state index contributed by atoms with van der Waals surface area (Å²) in [5.74, 6) is 0.438. The topological polar surface area (TPSA) is 105 Å². The molecular weight excluding hydrogens is 406 g/mol. The maximum atomic E-state index is 12.1. The number of ether oxygens (including phenoxy) is 1. The average molecular weight is 436 g/mol. The van der Waals surface area contributed by atoms with Crippen molar-refractivity contribution in [3.8, 4) is 11.1 Å². The van der Waals surface area contributed by atoms with Gasteiger partial charge in [0.15, 0.2) is 0 Å². The number of rotatable bonds is 5. The Morgan fingerprint density at radius 2 is 1.81 bits per heavy atom. The zero-order valence-electron chi connectivity index (χ0n) is 19.1. The number of amides is 3. The van der Waals surface area contributed by atoms with E-state index in [0.717, 1.165) is 33.2 Å². The lowest BCUT2D eigenvalue weighted by Gasteiger charge is -2.20. The lowest BCUT2D eigenvalue weighted by molar-refractivity contribution is 0.0523. The maximum absolute atomic E-state index is 12.1. The quantitative estimate of drug-likeness (QED) is 0.535. The third kappa shape index (κ3) is 5.94. The van der Waals surface area contributed by atoms with Crippen LogP contribution in [0.25, 0.3) is 21.9 Å². The van der Waals surface area contributed by atoms with Gasteiger partial charge in [-0.05, 0) is 74.9 Å². The number of nitrogens with one attached hydrogen (secondary N) is 3. The molecule has 3 aromatic rings. The van der Waals surface area contributed by atoms with Gasteiger partial charge in [0.1, 0.15) is 11.4 Å². The minimum absolute atomic E-state index is 0.284. The third-order valence-electron chi connectivity index (χ3n) is 4.60. The standard InChI is InChI=1S/C24H29N5O3/c1-6-25-22(30)29-21-12-19-18(16-9-10-26-15(2)11-16)8-7-17(20(19)14-27-21)13-28-23(31)32-24(3,4)5/h7-12,14H,6,13H2,1-5H3,(H,28,31)(H2,25,27,29,30). The average Bonchev–Trinajstić information content (AvgIpc) is 2.70. The molecule has 0 radical (unpaired) electrons. The fourth-order valence-electron chi connectivity index (χ4n) is 3.29. The molecule has 0 aliphatic heterocycles. The Kier molecular flexibility index (Phi) is 6.92. The first-order valence-corrected chi connectivity index (χ1v) is 10.5. The molecule has 1 aromatic carbocycles. The van der Waals surface area contributed by atoms with E-state index in [1.165, 1.54) is 0 Å². The van der Waals surface area contributed by atoms with Crippen LogP contribution in [0.2, 0.25) is 0 Å². The van der Waals surface area contributed by atoms with Crippen LogP contribution in [0.3, 0.4) is 0 Å². The predicted molar refractivity (Wildman–Crippen MR) is 125 cm³/mol. The van der Waals surface area contributed by atoms with E-state index in [-0.39, 0.29) is 12.6 Å². The van der Waals surface area contributed by atoms with Crippen molar-refractivity contribution in [2.45, 2.75) is 46.8 Å². The highest BCUT2D eigenvalue weighted by molar-refractivity contribution is 6.01. The highest BCUT2D eigenvalue weighted by Gasteiger charge is 2.17. The number of carbonyl (C=O) groups is 2. The number of pyridine rings is 2. The summed E-state index contributed by atoms with van der Waals surface area (Å²) in [5, 5.41) is 10.0. The van der Waals surface area contributed by atoms with Gasteiger partial charge in [-0.25, -0.2) is 14.6 Å².